The van der Waals surface area contributed by atoms with Crippen molar-refractivity contribution < 1.29 is 14.4 Å². The van der Waals surface area contributed by atoms with Crippen LogP contribution in [0.5, 0.6) is 0 Å². The molecule has 6 nitrogen and oxygen atoms in total. The number of rotatable bonds is 4. The van der Waals surface area contributed by atoms with Crippen LogP contribution in [0.25, 0.3) is 0 Å². The summed E-state index contributed by atoms with van der Waals surface area (Å²) in [4.78, 5) is 39.7. The zero-order valence-corrected chi connectivity index (χ0v) is 15.1. The van der Waals surface area contributed by atoms with E-state index in [0.717, 1.165) is 27.8 Å². The van der Waals surface area contributed by atoms with Gasteiger partial charge in [-0.25, -0.2) is 4.79 Å². The number of amides is 4. The minimum atomic E-state index is -0.765. The maximum atomic E-state index is 12.6. The van der Waals surface area contributed by atoms with E-state index in [4.69, 9.17) is 0 Å². The Kier molecular flexibility index (Phi) is 4.62. The first kappa shape index (κ1) is 17.0. The quantitative estimate of drug-likeness (QED) is 0.797. The van der Waals surface area contributed by atoms with Gasteiger partial charge in [-0.2, -0.15) is 0 Å². The molecule has 1 aliphatic heterocycles. The highest BCUT2D eigenvalue weighted by Gasteiger charge is 2.52. The summed E-state index contributed by atoms with van der Waals surface area (Å²) in [5.74, 6) is -0.517. The van der Waals surface area contributed by atoms with E-state index in [1.165, 1.54) is 4.90 Å². The lowest BCUT2D eigenvalue weighted by Gasteiger charge is -2.22. The van der Waals surface area contributed by atoms with Gasteiger partial charge in [0.05, 0.1) is 0 Å². The molecule has 7 heteroatoms. The minimum Gasteiger partial charge on any atom is -0.340 e. The molecular formula is C17H20BrN3O3. The molecule has 128 valence electrons. The number of imide groups is 1. The summed E-state index contributed by atoms with van der Waals surface area (Å²) in [6.45, 7) is 0.197. The van der Waals surface area contributed by atoms with E-state index >= 15 is 0 Å². The average molecular weight is 394 g/mol. The second-order valence-corrected chi connectivity index (χ2v) is 7.31. The van der Waals surface area contributed by atoms with Gasteiger partial charge in [0, 0.05) is 18.1 Å². The van der Waals surface area contributed by atoms with E-state index in [9.17, 15) is 14.4 Å². The van der Waals surface area contributed by atoms with Gasteiger partial charge in [0.25, 0.3) is 5.91 Å². The van der Waals surface area contributed by atoms with Crippen molar-refractivity contribution in [1.29, 1.82) is 0 Å². The largest absolute Gasteiger partial charge is 0.340 e. The van der Waals surface area contributed by atoms with Gasteiger partial charge in [-0.3, -0.25) is 14.5 Å². The third kappa shape index (κ3) is 3.05. The first-order valence-corrected chi connectivity index (χ1v) is 8.84. The molecule has 1 aliphatic carbocycles. The third-order valence-electron chi connectivity index (χ3n) is 4.79. The number of hydrogen-bond donors (Lipinski definition) is 1. The number of carbonyl (C=O) groups excluding carboxylic acids is 3. The van der Waals surface area contributed by atoms with E-state index < -0.39 is 11.6 Å². The monoisotopic (exact) mass is 393 g/mol. The summed E-state index contributed by atoms with van der Waals surface area (Å²) in [5, 5.41) is 2.79. The standard InChI is InChI=1S/C17H20BrN3O3/c1-20(10-12-6-2-3-7-13(12)18)14(22)11-21-15(23)17(19-16(21)24)8-4-5-9-17/h2-3,6-7H,4-5,8-11H2,1H3,(H,19,24). The number of urea groups is 1. The van der Waals surface area contributed by atoms with E-state index in [2.05, 4.69) is 21.2 Å². The molecule has 0 atom stereocenters. The van der Waals surface area contributed by atoms with Gasteiger partial charge < -0.3 is 10.2 Å². The summed E-state index contributed by atoms with van der Waals surface area (Å²) < 4.78 is 0.921. The lowest BCUT2D eigenvalue weighted by molar-refractivity contribution is -0.138. The molecular weight excluding hydrogens is 374 g/mol. The highest BCUT2D eigenvalue weighted by Crippen LogP contribution is 2.35. The minimum absolute atomic E-state index is 0.215. The van der Waals surface area contributed by atoms with Gasteiger partial charge >= 0.3 is 6.03 Å². The molecule has 24 heavy (non-hydrogen) atoms. The van der Waals surface area contributed by atoms with E-state index in [-0.39, 0.29) is 18.4 Å². The van der Waals surface area contributed by atoms with Gasteiger partial charge in [-0.1, -0.05) is 47.0 Å². The van der Waals surface area contributed by atoms with E-state index in [0.29, 0.717) is 19.4 Å². The molecule has 0 bridgehead atoms. The molecule has 2 fully saturated rings. The SMILES string of the molecule is CN(Cc1ccccc1Br)C(=O)CN1C(=O)NC2(CCCC2)C1=O. The predicted octanol–water partition coefficient (Wildman–Crippen LogP) is 2.27. The average Bonchev–Trinajstić information content (AvgIpc) is 3.11. The third-order valence-corrected chi connectivity index (χ3v) is 5.56. The first-order valence-electron chi connectivity index (χ1n) is 8.04. The van der Waals surface area contributed by atoms with Crippen LogP contribution in [-0.4, -0.2) is 46.8 Å². The highest BCUT2D eigenvalue weighted by atomic mass is 79.9. The summed E-state index contributed by atoms with van der Waals surface area (Å²) in [5.41, 5.74) is 0.205. The second kappa shape index (κ2) is 6.55. The highest BCUT2D eigenvalue weighted by molar-refractivity contribution is 9.10. The normalized spacial score (nSPS) is 19.0. The molecule has 1 spiro atoms. The smallest absolute Gasteiger partial charge is 0.325 e. The molecule has 1 N–H and O–H groups in total. The van der Waals surface area contributed by atoms with Gasteiger partial charge in [-0.05, 0) is 24.5 Å². The number of benzene rings is 1. The fraction of sp³-hybridized carbons (Fsp3) is 0.471. The number of likely N-dealkylation sites (N-methyl/N-ethyl adjacent to an activating group) is 1. The summed E-state index contributed by atoms with van der Waals surface area (Å²) >= 11 is 3.46. The fourth-order valence-electron chi connectivity index (χ4n) is 3.36. The Bertz CT molecular complexity index is 685. The van der Waals surface area contributed by atoms with Crippen LogP contribution in [0.1, 0.15) is 31.2 Å². The van der Waals surface area contributed by atoms with Crippen molar-refractivity contribution in [3.63, 3.8) is 0 Å². The molecule has 0 unspecified atom stereocenters. The van der Waals surface area contributed by atoms with Crippen molar-refractivity contribution in [2.24, 2.45) is 0 Å². The number of carbonyl (C=O) groups is 3. The molecule has 0 radical (unpaired) electrons. The Morgan fingerprint density at radius 3 is 2.62 bits per heavy atom. The Labute approximate surface area is 149 Å². The molecule has 1 saturated heterocycles. The van der Waals surface area contributed by atoms with Crippen LogP contribution in [0, 0.1) is 0 Å². The Morgan fingerprint density at radius 2 is 1.96 bits per heavy atom. The second-order valence-electron chi connectivity index (χ2n) is 6.45. The zero-order chi connectivity index (χ0) is 17.3. The van der Waals surface area contributed by atoms with Crippen LogP contribution >= 0.6 is 15.9 Å². The number of nitrogens with zero attached hydrogens (tertiary/aromatic N) is 2. The van der Waals surface area contributed by atoms with Crippen LogP contribution in [-0.2, 0) is 16.1 Å². The van der Waals surface area contributed by atoms with E-state index in [1.54, 1.807) is 7.05 Å². The van der Waals surface area contributed by atoms with Crippen LogP contribution in [0.15, 0.2) is 28.7 Å². The predicted molar refractivity (Wildman–Crippen MR) is 92.1 cm³/mol. The van der Waals surface area contributed by atoms with Crippen molar-refractivity contribution in [1.82, 2.24) is 15.1 Å². The molecule has 4 amide bonds. The molecule has 3 rings (SSSR count). The maximum absolute atomic E-state index is 12.6. The number of halogens is 1. The number of hydrogen-bond acceptors (Lipinski definition) is 3. The molecule has 2 aliphatic rings. The van der Waals surface area contributed by atoms with Crippen molar-refractivity contribution in [3.05, 3.63) is 34.3 Å². The topological polar surface area (TPSA) is 69.7 Å². The Hall–Kier alpha value is -1.89. The maximum Gasteiger partial charge on any atom is 0.325 e. The van der Waals surface area contributed by atoms with E-state index in [1.807, 2.05) is 24.3 Å². The first-order chi connectivity index (χ1) is 11.4. The van der Waals surface area contributed by atoms with Crippen LogP contribution in [0.4, 0.5) is 4.79 Å². The number of nitrogens with one attached hydrogen (secondary N) is 1. The van der Waals surface area contributed by atoms with Crippen molar-refractivity contribution >= 4 is 33.8 Å². The Morgan fingerprint density at radius 1 is 1.29 bits per heavy atom. The van der Waals surface area contributed by atoms with Crippen molar-refractivity contribution in [3.8, 4) is 0 Å². The summed E-state index contributed by atoms with van der Waals surface area (Å²) in [6, 6.07) is 7.19. The summed E-state index contributed by atoms with van der Waals surface area (Å²) in [7, 11) is 1.67. The lowest BCUT2D eigenvalue weighted by Crippen LogP contribution is -2.45. The Balaban J connectivity index is 1.65. The lowest BCUT2D eigenvalue weighted by atomic mass is 9.98. The van der Waals surface area contributed by atoms with Gasteiger partial charge in [-0.15, -0.1) is 0 Å². The van der Waals surface area contributed by atoms with Crippen molar-refractivity contribution in [2.75, 3.05) is 13.6 Å². The van der Waals surface area contributed by atoms with Gasteiger partial charge in [0.1, 0.15) is 12.1 Å². The van der Waals surface area contributed by atoms with Gasteiger partial charge in [0.15, 0.2) is 0 Å². The molecule has 1 aromatic carbocycles. The zero-order valence-electron chi connectivity index (χ0n) is 13.5. The molecule has 1 aromatic rings. The van der Waals surface area contributed by atoms with Gasteiger partial charge in [0.2, 0.25) is 5.91 Å². The fourth-order valence-corrected chi connectivity index (χ4v) is 3.77. The van der Waals surface area contributed by atoms with Crippen LogP contribution < -0.4 is 5.32 Å². The van der Waals surface area contributed by atoms with Crippen LogP contribution in [0.2, 0.25) is 0 Å². The molecule has 1 saturated carbocycles. The van der Waals surface area contributed by atoms with Crippen molar-refractivity contribution in [2.45, 2.75) is 37.8 Å². The van der Waals surface area contributed by atoms with Crippen LogP contribution in [0.3, 0.4) is 0 Å². The summed E-state index contributed by atoms with van der Waals surface area (Å²) in [6.07, 6.45) is 3.18. The molecule has 1 heterocycles. The molecule has 0 aromatic heterocycles.